The van der Waals surface area contributed by atoms with E-state index in [1.807, 2.05) is 0 Å². The summed E-state index contributed by atoms with van der Waals surface area (Å²) < 4.78 is 10.7. The molecule has 0 spiro atoms. The molecular weight excluding hydrogens is 484 g/mol. The molecular formula is C24H30N6O7. The van der Waals surface area contributed by atoms with E-state index < -0.39 is 30.5 Å². The van der Waals surface area contributed by atoms with E-state index >= 15 is 0 Å². The van der Waals surface area contributed by atoms with Crippen molar-refractivity contribution in [2.24, 2.45) is 4.99 Å². The fourth-order valence-electron chi connectivity index (χ4n) is 3.34. The molecule has 0 unspecified atom stereocenters. The number of guanidine groups is 1. The minimum Gasteiger partial charge on any atom is -0.507 e. The molecule has 0 radical (unpaired) electrons. The summed E-state index contributed by atoms with van der Waals surface area (Å²) in [5.74, 6) is -0.942. The van der Waals surface area contributed by atoms with Gasteiger partial charge in [-0.15, -0.1) is 0 Å². The van der Waals surface area contributed by atoms with E-state index in [-0.39, 0.29) is 11.3 Å². The van der Waals surface area contributed by atoms with Gasteiger partial charge < -0.3 is 46.3 Å². The van der Waals surface area contributed by atoms with E-state index in [0.29, 0.717) is 30.3 Å². The number of methoxy groups -OCH3 is 1. The molecule has 1 aliphatic heterocycles. The molecule has 13 nitrogen and oxygen atoms in total. The smallest absolute Gasteiger partial charge is 0.328 e. The van der Waals surface area contributed by atoms with Crippen LogP contribution >= 0.6 is 0 Å². The van der Waals surface area contributed by atoms with Gasteiger partial charge >= 0.3 is 12.0 Å². The SMILES string of the molecule is COc1ccccc1NC(=O)N[C@@H](CNC(=O)c1ccc(OCCNC2=NCCCN2)cc1O)C(=O)O. The summed E-state index contributed by atoms with van der Waals surface area (Å²) in [4.78, 5) is 40.7. The number of para-hydroxylation sites is 2. The average Bonchev–Trinajstić information content (AvgIpc) is 2.89. The van der Waals surface area contributed by atoms with E-state index in [2.05, 4.69) is 31.6 Å². The number of ether oxygens (including phenoxy) is 2. The van der Waals surface area contributed by atoms with Crippen molar-refractivity contribution in [3.63, 3.8) is 0 Å². The van der Waals surface area contributed by atoms with Crippen molar-refractivity contribution >= 4 is 29.6 Å². The average molecular weight is 515 g/mol. The summed E-state index contributed by atoms with van der Waals surface area (Å²) in [6, 6.07) is 8.55. The fourth-order valence-corrected chi connectivity index (χ4v) is 3.34. The first-order valence-corrected chi connectivity index (χ1v) is 11.6. The third-order valence-electron chi connectivity index (χ3n) is 5.20. The molecule has 0 saturated carbocycles. The zero-order valence-electron chi connectivity index (χ0n) is 20.2. The van der Waals surface area contributed by atoms with Crippen LogP contribution < -0.4 is 36.1 Å². The number of aliphatic carboxylic acids is 1. The predicted octanol–water partition coefficient (Wildman–Crippen LogP) is 0.723. The highest BCUT2D eigenvalue weighted by Gasteiger charge is 2.22. The number of phenols is 1. The lowest BCUT2D eigenvalue weighted by atomic mass is 10.1. The normalized spacial score (nSPS) is 13.3. The second kappa shape index (κ2) is 13.4. The minimum absolute atomic E-state index is 0.0751. The van der Waals surface area contributed by atoms with Gasteiger partial charge in [-0.3, -0.25) is 9.79 Å². The number of carbonyl (C=O) groups excluding carboxylic acids is 2. The maximum absolute atomic E-state index is 12.5. The molecule has 198 valence electrons. The molecule has 3 amide bonds. The second-order valence-corrected chi connectivity index (χ2v) is 7.86. The first kappa shape index (κ1) is 26.9. The summed E-state index contributed by atoms with van der Waals surface area (Å²) in [5, 5.41) is 33.1. The third-order valence-corrected chi connectivity index (χ3v) is 5.20. The molecule has 0 fully saturated rings. The molecule has 3 rings (SSSR count). The van der Waals surface area contributed by atoms with E-state index in [0.717, 1.165) is 25.5 Å². The van der Waals surface area contributed by atoms with Crippen molar-refractivity contribution in [3.8, 4) is 17.2 Å². The van der Waals surface area contributed by atoms with Gasteiger partial charge in [0.1, 0.15) is 29.9 Å². The van der Waals surface area contributed by atoms with Crippen LogP contribution in [0.2, 0.25) is 0 Å². The largest absolute Gasteiger partial charge is 0.507 e. The lowest BCUT2D eigenvalue weighted by molar-refractivity contribution is -0.138. The molecule has 2 aromatic rings. The van der Waals surface area contributed by atoms with Gasteiger partial charge in [-0.25, -0.2) is 9.59 Å². The number of rotatable bonds is 11. The van der Waals surface area contributed by atoms with Crippen LogP contribution in [0.3, 0.4) is 0 Å². The monoisotopic (exact) mass is 514 g/mol. The zero-order valence-corrected chi connectivity index (χ0v) is 20.2. The topological polar surface area (TPSA) is 183 Å². The van der Waals surface area contributed by atoms with Gasteiger partial charge in [0.15, 0.2) is 5.96 Å². The van der Waals surface area contributed by atoms with Gasteiger partial charge in [0.05, 0.1) is 24.9 Å². The van der Waals surface area contributed by atoms with Crippen LogP contribution in [0.4, 0.5) is 10.5 Å². The molecule has 7 N–H and O–H groups in total. The zero-order chi connectivity index (χ0) is 26.6. The number of carbonyl (C=O) groups is 3. The second-order valence-electron chi connectivity index (χ2n) is 7.86. The molecule has 0 aliphatic carbocycles. The van der Waals surface area contributed by atoms with Crippen LogP contribution in [0, 0.1) is 0 Å². The Hall–Kier alpha value is -4.68. The standard InChI is InChI=1S/C24H30N6O7/c1-36-20-6-3-2-5-17(20)29-24(35)30-18(22(33)34)14-28-21(32)16-8-7-15(13-19(16)31)37-12-11-27-23-25-9-4-10-26-23/h2-3,5-8,13,18,31H,4,9-12,14H2,1H3,(H,28,32)(H,33,34)(H2,25,26,27)(H2,29,30,35)/t18-/m0/s1. The summed E-state index contributed by atoms with van der Waals surface area (Å²) in [7, 11) is 1.44. The lowest BCUT2D eigenvalue weighted by Gasteiger charge is -2.17. The van der Waals surface area contributed by atoms with Crippen molar-refractivity contribution in [1.82, 2.24) is 21.3 Å². The van der Waals surface area contributed by atoms with Gasteiger partial charge in [-0.2, -0.15) is 0 Å². The molecule has 1 atom stereocenters. The number of benzene rings is 2. The Morgan fingerprint density at radius 2 is 2.00 bits per heavy atom. The van der Waals surface area contributed by atoms with Gasteiger partial charge in [-0.1, -0.05) is 12.1 Å². The molecule has 0 aromatic heterocycles. The number of anilines is 1. The number of nitrogens with zero attached hydrogens (tertiary/aromatic N) is 1. The Balaban J connectivity index is 1.48. The van der Waals surface area contributed by atoms with Crippen LogP contribution in [0.15, 0.2) is 47.5 Å². The number of carboxylic acids is 1. The van der Waals surface area contributed by atoms with E-state index in [9.17, 15) is 24.6 Å². The highest BCUT2D eigenvalue weighted by Crippen LogP contribution is 2.24. The van der Waals surface area contributed by atoms with E-state index in [1.165, 1.54) is 25.3 Å². The maximum Gasteiger partial charge on any atom is 0.328 e. The van der Waals surface area contributed by atoms with Crippen molar-refractivity contribution in [2.45, 2.75) is 12.5 Å². The number of aromatic hydroxyl groups is 1. The number of urea groups is 1. The van der Waals surface area contributed by atoms with Crippen molar-refractivity contribution < 1.29 is 34.1 Å². The fraction of sp³-hybridized carbons (Fsp3) is 0.333. The molecule has 0 bridgehead atoms. The number of aliphatic imine (C=N–C) groups is 1. The van der Waals surface area contributed by atoms with Crippen LogP contribution in [0.25, 0.3) is 0 Å². The molecule has 37 heavy (non-hydrogen) atoms. The summed E-state index contributed by atoms with van der Waals surface area (Å²) in [5.41, 5.74) is 0.270. The van der Waals surface area contributed by atoms with Gasteiger partial charge in [0.25, 0.3) is 5.91 Å². The molecule has 1 heterocycles. The van der Waals surface area contributed by atoms with Crippen LogP contribution in [0.1, 0.15) is 16.8 Å². The third kappa shape index (κ3) is 8.19. The van der Waals surface area contributed by atoms with Gasteiger partial charge in [0.2, 0.25) is 0 Å². The van der Waals surface area contributed by atoms with Gasteiger partial charge in [-0.05, 0) is 30.7 Å². The highest BCUT2D eigenvalue weighted by molar-refractivity contribution is 5.98. The molecule has 2 aromatic carbocycles. The Morgan fingerprint density at radius 1 is 1.19 bits per heavy atom. The summed E-state index contributed by atoms with van der Waals surface area (Å²) >= 11 is 0. The summed E-state index contributed by atoms with van der Waals surface area (Å²) in [6.45, 7) is 2.00. The van der Waals surface area contributed by atoms with E-state index in [4.69, 9.17) is 9.47 Å². The molecule has 0 saturated heterocycles. The molecule has 1 aliphatic rings. The number of hydrogen-bond donors (Lipinski definition) is 7. The number of hydrogen-bond acceptors (Lipinski definition) is 9. The number of phenolic OH excluding ortho intramolecular Hbond substituents is 1. The quantitative estimate of drug-likeness (QED) is 0.212. The first-order valence-electron chi connectivity index (χ1n) is 11.6. The predicted molar refractivity (Wildman–Crippen MR) is 135 cm³/mol. The number of carboxylic acid groups (broad SMARTS) is 1. The first-order chi connectivity index (χ1) is 17.9. The minimum atomic E-state index is -1.43. The Kier molecular flexibility index (Phi) is 9.76. The Labute approximate surface area is 213 Å². The summed E-state index contributed by atoms with van der Waals surface area (Å²) in [6.07, 6.45) is 0.994. The lowest BCUT2D eigenvalue weighted by Crippen LogP contribution is -2.49. The van der Waals surface area contributed by atoms with Crippen molar-refractivity contribution in [1.29, 1.82) is 0 Å². The van der Waals surface area contributed by atoms with Crippen LogP contribution in [0.5, 0.6) is 17.2 Å². The van der Waals surface area contributed by atoms with Gasteiger partial charge in [0, 0.05) is 25.7 Å². The maximum atomic E-state index is 12.5. The highest BCUT2D eigenvalue weighted by atomic mass is 16.5. The Morgan fingerprint density at radius 3 is 2.70 bits per heavy atom. The van der Waals surface area contributed by atoms with Crippen LogP contribution in [-0.2, 0) is 4.79 Å². The van der Waals surface area contributed by atoms with Crippen LogP contribution in [-0.4, -0.2) is 80.0 Å². The van der Waals surface area contributed by atoms with Crippen molar-refractivity contribution in [2.75, 3.05) is 45.2 Å². The number of amides is 3. The number of nitrogens with one attached hydrogen (secondary N) is 5. The van der Waals surface area contributed by atoms with Crippen molar-refractivity contribution in [3.05, 3.63) is 48.0 Å². The molecule has 13 heteroatoms. The Bertz CT molecular complexity index is 1140. The van der Waals surface area contributed by atoms with E-state index in [1.54, 1.807) is 24.3 Å².